The molecule has 35 heavy (non-hydrogen) atoms. The molecule has 186 valence electrons. The molecular formula is C25H32F2N8. The van der Waals surface area contributed by atoms with E-state index in [-0.39, 0.29) is 0 Å². The zero-order chi connectivity index (χ0) is 24.6. The standard InChI is InChI=1S/C23H26F2N8.C2H6/c1-14-28-18-3-2-17(30-21(18)32(14)11-20(24)25)16-6-9-33-19(16)10-27-22(31-33)29-15-4-7-23(8-5-15)12-26-13-23;1-2/h2-3,6,9-10,15,20,26H,4-5,7-8,11-13H2,1H3,(H,29,31);1-2H3. The molecule has 6 rings (SSSR count). The van der Waals surface area contributed by atoms with Crippen LogP contribution in [0, 0.1) is 12.3 Å². The lowest BCUT2D eigenvalue weighted by molar-refractivity contribution is 0.101. The van der Waals surface area contributed by atoms with Crippen LogP contribution in [0.4, 0.5) is 14.7 Å². The molecule has 0 bridgehead atoms. The lowest BCUT2D eigenvalue weighted by Crippen LogP contribution is -2.55. The van der Waals surface area contributed by atoms with E-state index in [1.54, 1.807) is 17.6 Å². The molecule has 8 nitrogen and oxygen atoms in total. The number of pyridine rings is 1. The van der Waals surface area contributed by atoms with Gasteiger partial charge in [-0.3, -0.25) is 0 Å². The van der Waals surface area contributed by atoms with Gasteiger partial charge in [0.2, 0.25) is 5.95 Å². The number of rotatable bonds is 5. The summed E-state index contributed by atoms with van der Waals surface area (Å²) in [6.45, 7) is 7.59. The number of hydrogen-bond acceptors (Lipinski definition) is 6. The van der Waals surface area contributed by atoms with Gasteiger partial charge in [0.1, 0.15) is 11.3 Å². The minimum absolute atomic E-state index is 0.395. The number of fused-ring (bicyclic) bond motifs is 2. The number of imidazole rings is 1. The first-order valence-corrected chi connectivity index (χ1v) is 12.4. The van der Waals surface area contributed by atoms with E-state index in [0.717, 1.165) is 37.0 Å². The van der Waals surface area contributed by atoms with E-state index in [0.29, 0.717) is 40.1 Å². The van der Waals surface area contributed by atoms with E-state index in [1.165, 1.54) is 17.4 Å². The number of nitrogens with zero attached hydrogens (tertiary/aromatic N) is 6. The fourth-order valence-corrected chi connectivity index (χ4v) is 5.19. The van der Waals surface area contributed by atoms with E-state index in [2.05, 4.69) is 30.7 Å². The van der Waals surface area contributed by atoms with Crippen LogP contribution in [-0.2, 0) is 6.54 Å². The molecule has 0 radical (unpaired) electrons. The van der Waals surface area contributed by atoms with E-state index in [1.807, 2.05) is 38.2 Å². The molecule has 1 saturated carbocycles. The van der Waals surface area contributed by atoms with E-state index >= 15 is 0 Å². The molecule has 5 heterocycles. The Labute approximate surface area is 203 Å². The van der Waals surface area contributed by atoms with Gasteiger partial charge in [0, 0.05) is 30.9 Å². The Kier molecular flexibility index (Phi) is 6.39. The largest absolute Gasteiger partial charge is 0.350 e. The Balaban J connectivity index is 0.00000124. The molecule has 1 aliphatic carbocycles. The molecule has 2 aliphatic rings. The Morgan fingerprint density at radius 1 is 1.14 bits per heavy atom. The van der Waals surface area contributed by atoms with Crippen molar-refractivity contribution in [3.05, 3.63) is 36.4 Å². The third-order valence-corrected chi connectivity index (χ3v) is 7.18. The third-order valence-electron chi connectivity index (χ3n) is 7.18. The van der Waals surface area contributed by atoms with Crippen LogP contribution in [0.3, 0.4) is 0 Å². The van der Waals surface area contributed by atoms with Crippen LogP contribution in [0.1, 0.15) is 45.4 Å². The fourth-order valence-electron chi connectivity index (χ4n) is 5.19. The molecule has 10 heteroatoms. The Hall–Kier alpha value is -3.14. The Morgan fingerprint density at radius 2 is 1.91 bits per heavy atom. The molecule has 1 aliphatic heterocycles. The average Bonchev–Trinajstić information content (AvgIpc) is 3.40. The normalized spacial score (nSPS) is 17.5. The number of hydrogen-bond donors (Lipinski definition) is 2. The quantitative estimate of drug-likeness (QED) is 0.430. The van der Waals surface area contributed by atoms with Crippen LogP contribution in [0.25, 0.3) is 27.9 Å². The number of anilines is 1. The average molecular weight is 483 g/mol. The summed E-state index contributed by atoms with van der Waals surface area (Å²) in [6, 6.07) is 6.00. The lowest BCUT2D eigenvalue weighted by atomic mass is 9.68. The van der Waals surface area contributed by atoms with Crippen LogP contribution in [-0.4, -0.2) is 54.7 Å². The van der Waals surface area contributed by atoms with Gasteiger partial charge < -0.3 is 15.2 Å². The highest BCUT2D eigenvalue weighted by Gasteiger charge is 2.40. The van der Waals surface area contributed by atoms with Crippen LogP contribution in [0.5, 0.6) is 0 Å². The summed E-state index contributed by atoms with van der Waals surface area (Å²) in [5.41, 5.74) is 3.93. The molecule has 1 saturated heterocycles. The first kappa shape index (κ1) is 23.6. The summed E-state index contributed by atoms with van der Waals surface area (Å²) in [5, 5.41) is 11.5. The maximum absolute atomic E-state index is 13.0. The predicted octanol–water partition coefficient (Wildman–Crippen LogP) is 4.68. The number of halogens is 2. The van der Waals surface area contributed by atoms with E-state index in [9.17, 15) is 8.78 Å². The smallest absolute Gasteiger partial charge is 0.256 e. The van der Waals surface area contributed by atoms with Crippen LogP contribution < -0.4 is 10.6 Å². The second-order valence-electron chi connectivity index (χ2n) is 9.36. The van der Waals surface area contributed by atoms with Gasteiger partial charge >= 0.3 is 0 Å². The number of aromatic nitrogens is 6. The number of alkyl halides is 2. The molecule has 0 unspecified atom stereocenters. The van der Waals surface area contributed by atoms with Crippen molar-refractivity contribution in [2.24, 2.45) is 5.41 Å². The van der Waals surface area contributed by atoms with Crippen molar-refractivity contribution in [1.82, 2.24) is 34.4 Å². The minimum Gasteiger partial charge on any atom is -0.350 e. The highest BCUT2D eigenvalue weighted by molar-refractivity contribution is 5.82. The summed E-state index contributed by atoms with van der Waals surface area (Å²) in [6.07, 6.45) is 5.94. The minimum atomic E-state index is -2.47. The third kappa shape index (κ3) is 4.47. The summed E-state index contributed by atoms with van der Waals surface area (Å²) in [7, 11) is 0. The van der Waals surface area contributed by atoms with Gasteiger partial charge in [-0.2, -0.15) is 0 Å². The molecule has 4 aromatic rings. The highest BCUT2D eigenvalue weighted by atomic mass is 19.3. The first-order chi connectivity index (χ1) is 17.0. The molecule has 0 aromatic carbocycles. The number of aryl methyl sites for hydroxylation is 1. The van der Waals surface area contributed by atoms with Crippen molar-refractivity contribution < 1.29 is 8.78 Å². The summed E-state index contributed by atoms with van der Waals surface area (Å²) in [5.74, 6) is 1.14. The zero-order valence-corrected chi connectivity index (χ0v) is 20.4. The monoisotopic (exact) mass is 482 g/mol. The van der Waals surface area contributed by atoms with Crippen molar-refractivity contribution in [2.75, 3.05) is 18.4 Å². The zero-order valence-electron chi connectivity index (χ0n) is 20.4. The second-order valence-corrected chi connectivity index (χ2v) is 9.36. The molecule has 0 amide bonds. The van der Waals surface area contributed by atoms with Gasteiger partial charge in [-0.25, -0.2) is 28.2 Å². The molecule has 2 N–H and O–H groups in total. The summed E-state index contributed by atoms with van der Waals surface area (Å²) in [4.78, 5) is 13.6. The van der Waals surface area contributed by atoms with Gasteiger partial charge in [0.15, 0.2) is 5.65 Å². The van der Waals surface area contributed by atoms with E-state index < -0.39 is 13.0 Å². The SMILES string of the molecule is CC.Cc1nc2ccc(-c3ccn4nc(NC5CCC6(CC5)CNC6)ncc34)nc2n1CC(F)F. The van der Waals surface area contributed by atoms with Gasteiger partial charge in [0.25, 0.3) is 6.43 Å². The Morgan fingerprint density at radius 3 is 2.60 bits per heavy atom. The second kappa shape index (κ2) is 9.49. The van der Waals surface area contributed by atoms with Crippen LogP contribution in [0.15, 0.2) is 30.6 Å². The highest BCUT2D eigenvalue weighted by Crippen LogP contribution is 2.40. The topological polar surface area (TPSA) is 85.0 Å². The molecule has 4 aromatic heterocycles. The van der Waals surface area contributed by atoms with Crippen molar-refractivity contribution in [3.8, 4) is 11.3 Å². The maximum Gasteiger partial charge on any atom is 0.256 e. The van der Waals surface area contributed by atoms with Crippen LogP contribution in [0.2, 0.25) is 0 Å². The van der Waals surface area contributed by atoms with Gasteiger partial charge in [-0.15, -0.1) is 5.10 Å². The Bertz CT molecular complexity index is 1310. The van der Waals surface area contributed by atoms with E-state index in [4.69, 9.17) is 0 Å². The fraction of sp³-hybridized carbons (Fsp3) is 0.520. The van der Waals surface area contributed by atoms with Crippen LogP contribution >= 0.6 is 0 Å². The summed E-state index contributed by atoms with van der Waals surface area (Å²) < 4.78 is 29.4. The van der Waals surface area contributed by atoms with Gasteiger partial charge in [0.05, 0.1) is 24.0 Å². The number of nitrogens with one attached hydrogen (secondary N) is 2. The van der Waals surface area contributed by atoms with Gasteiger partial charge in [-0.1, -0.05) is 13.8 Å². The van der Waals surface area contributed by atoms with Crippen molar-refractivity contribution >= 4 is 22.6 Å². The molecule has 2 fully saturated rings. The van der Waals surface area contributed by atoms with Crippen molar-refractivity contribution in [3.63, 3.8) is 0 Å². The molecule has 1 spiro atoms. The van der Waals surface area contributed by atoms with Crippen molar-refractivity contribution in [2.45, 2.75) is 65.5 Å². The molecular weight excluding hydrogens is 450 g/mol. The lowest BCUT2D eigenvalue weighted by Gasteiger charge is -2.47. The maximum atomic E-state index is 13.0. The van der Waals surface area contributed by atoms with Crippen molar-refractivity contribution in [1.29, 1.82) is 0 Å². The predicted molar refractivity (Wildman–Crippen MR) is 133 cm³/mol. The first-order valence-electron chi connectivity index (χ1n) is 12.4. The summed E-state index contributed by atoms with van der Waals surface area (Å²) >= 11 is 0. The molecule has 0 atom stereocenters. The van der Waals surface area contributed by atoms with Gasteiger partial charge in [-0.05, 0) is 56.2 Å².